The van der Waals surface area contributed by atoms with Gasteiger partial charge in [-0.25, -0.2) is 4.98 Å². The van der Waals surface area contributed by atoms with Crippen LogP contribution in [0.3, 0.4) is 0 Å². The number of anilines is 2. The van der Waals surface area contributed by atoms with Crippen molar-refractivity contribution in [2.24, 2.45) is 0 Å². The number of pyridine rings is 1. The quantitative estimate of drug-likeness (QED) is 0.663. The fourth-order valence-electron chi connectivity index (χ4n) is 3.52. The topological polar surface area (TPSA) is 65.5 Å². The zero-order chi connectivity index (χ0) is 20.4. The molecule has 2 N–H and O–H groups in total. The SMILES string of the molecule is CC(O)(CNc1ccc(C(=O)N2CCc3ccccc32)cn1)c1cccc(Cl)c1. The van der Waals surface area contributed by atoms with Gasteiger partial charge >= 0.3 is 0 Å². The number of para-hydroxylation sites is 1. The maximum Gasteiger partial charge on any atom is 0.259 e. The van der Waals surface area contributed by atoms with Gasteiger partial charge in [-0.3, -0.25) is 4.79 Å². The summed E-state index contributed by atoms with van der Waals surface area (Å²) in [5.74, 6) is 0.533. The molecule has 2 aromatic carbocycles. The molecule has 1 amide bonds. The zero-order valence-electron chi connectivity index (χ0n) is 16.1. The van der Waals surface area contributed by atoms with Crippen molar-refractivity contribution in [3.63, 3.8) is 0 Å². The molecule has 0 saturated heterocycles. The number of aromatic nitrogens is 1. The molecule has 1 aliphatic heterocycles. The third-order valence-electron chi connectivity index (χ3n) is 5.20. The van der Waals surface area contributed by atoms with E-state index in [4.69, 9.17) is 11.6 Å². The lowest BCUT2D eigenvalue weighted by molar-refractivity contribution is 0.0714. The number of fused-ring (bicyclic) bond motifs is 1. The second-order valence-corrected chi connectivity index (χ2v) is 7.84. The van der Waals surface area contributed by atoms with Crippen molar-refractivity contribution in [3.05, 3.63) is 88.6 Å². The summed E-state index contributed by atoms with van der Waals surface area (Å²) in [7, 11) is 0. The maximum absolute atomic E-state index is 12.9. The molecule has 29 heavy (non-hydrogen) atoms. The number of aliphatic hydroxyl groups is 1. The van der Waals surface area contributed by atoms with Crippen LogP contribution in [0.1, 0.15) is 28.4 Å². The lowest BCUT2D eigenvalue weighted by Crippen LogP contribution is -2.31. The summed E-state index contributed by atoms with van der Waals surface area (Å²) in [5.41, 5.74) is 2.30. The fourth-order valence-corrected chi connectivity index (χ4v) is 3.71. The molecule has 1 aromatic heterocycles. The van der Waals surface area contributed by atoms with Gasteiger partial charge in [-0.2, -0.15) is 0 Å². The molecule has 4 rings (SSSR count). The number of halogens is 1. The van der Waals surface area contributed by atoms with Crippen molar-refractivity contribution < 1.29 is 9.90 Å². The van der Waals surface area contributed by atoms with Gasteiger partial charge in [-0.1, -0.05) is 41.9 Å². The summed E-state index contributed by atoms with van der Waals surface area (Å²) >= 11 is 6.02. The van der Waals surface area contributed by atoms with Gasteiger partial charge in [0.15, 0.2) is 0 Å². The summed E-state index contributed by atoms with van der Waals surface area (Å²) in [6.45, 7) is 2.65. The lowest BCUT2D eigenvalue weighted by atomic mass is 9.96. The first kappa shape index (κ1) is 19.4. The van der Waals surface area contributed by atoms with Gasteiger partial charge in [0.2, 0.25) is 0 Å². The van der Waals surface area contributed by atoms with Gasteiger partial charge < -0.3 is 15.3 Å². The predicted octanol–water partition coefficient (Wildman–Crippen LogP) is 4.26. The minimum atomic E-state index is -1.11. The van der Waals surface area contributed by atoms with Crippen molar-refractivity contribution >= 4 is 29.0 Å². The third kappa shape index (κ3) is 4.11. The van der Waals surface area contributed by atoms with Crippen molar-refractivity contribution in [1.82, 2.24) is 4.98 Å². The molecule has 0 aliphatic carbocycles. The van der Waals surface area contributed by atoms with Crippen LogP contribution in [0.4, 0.5) is 11.5 Å². The number of carbonyl (C=O) groups is 1. The highest BCUT2D eigenvalue weighted by molar-refractivity contribution is 6.30. The highest BCUT2D eigenvalue weighted by Crippen LogP contribution is 2.29. The number of nitrogens with zero attached hydrogens (tertiary/aromatic N) is 2. The van der Waals surface area contributed by atoms with E-state index in [0.29, 0.717) is 22.9 Å². The molecule has 1 atom stereocenters. The van der Waals surface area contributed by atoms with Crippen LogP contribution < -0.4 is 10.2 Å². The van der Waals surface area contributed by atoms with Gasteiger partial charge in [0, 0.05) is 30.0 Å². The molecule has 0 radical (unpaired) electrons. The number of rotatable bonds is 5. The zero-order valence-corrected chi connectivity index (χ0v) is 16.9. The monoisotopic (exact) mass is 407 g/mol. The van der Waals surface area contributed by atoms with Gasteiger partial charge in [-0.05, 0) is 54.8 Å². The first-order chi connectivity index (χ1) is 13.9. The molecule has 6 heteroatoms. The minimum absolute atomic E-state index is 0.0556. The van der Waals surface area contributed by atoms with E-state index in [1.54, 1.807) is 48.4 Å². The Labute approximate surface area is 175 Å². The molecule has 5 nitrogen and oxygen atoms in total. The second kappa shape index (κ2) is 7.85. The number of benzene rings is 2. The molecule has 2 heterocycles. The summed E-state index contributed by atoms with van der Waals surface area (Å²) in [6, 6.07) is 18.6. The normalized spacial score (nSPS) is 14.9. The Morgan fingerprint density at radius 1 is 1.21 bits per heavy atom. The first-order valence-electron chi connectivity index (χ1n) is 9.52. The number of hydrogen-bond acceptors (Lipinski definition) is 4. The largest absolute Gasteiger partial charge is 0.384 e. The highest BCUT2D eigenvalue weighted by Gasteiger charge is 2.26. The molecule has 0 spiro atoms. The van der Waals surface area contributed by atoms with Crippen molar-refractivity contribution in [1.29, 1.82) is 0 Å². The van der Waals surface area contributed by atoms with Crippen LogP contribution in [-0.4, -0.2) is 29.1 Å². The van der Waals surface area contributed by atoms with Gasteiger partial charge in [0.05, 0.1) is 5.56 Å². The molecular weight excluding hydrogens is 386 g/mol. The first-order valence-corrected chi connectivity index (χ1v) is 9.90. The molecule has 3 aromatic rings. The molecule has 148 valence electrons. The average molecular weight is 408 g/mol. The summed E-state index contributed by atoms with van der Waals surface area (Å²) < 4.78 is 0. The molecule has 0 bridgehead atoms. The van der Waals surface area contributed by atoms with E-state index in [1.165, 1.54) is 5.56 Å². The van der Waals surface area contributed by atoms with Crippen molar-refractivity contribution in [2.45, 2.75) is 18.9 Å². The molecule has 1 unspecified atom stereocenters. The van der Waals surface area contributed by atoms with Crippen LogP contribution in [0.5, 0.6) is 0 Å². The molecule has 0 fully saturated rings. The van der Waals surface area contributed by atoms with Gasteiger partial charge in [0.1, 0.15) is 11.4 Å². The van der Waals surface area contributed by atoms with Crippen molar-refractivity contribution in [2.75, 3.05) is 23.3 Å². The van der Waals surface area contributed by atoms with E-state index in [0.717, 1.165) is 17.7 Å². The summed E-state index contributed by atoms with van der Waals surface area (Å²) in [5, 5.41) is 14.4. The van der Waals surface area contributed by atoms with E-state index >= 15 is 0 Å². The number of carbonyl (C=O) groups excluding carboxylic acids is 1. The second-order valence-electron chi connectivity index (χ2n) is 7.41. The number of hydrogen-bond donors (Lipinski definition) is 2. The van der Waals surface area contributed by atoms with Gasteiger partial charge in [0.25, 0.3) is 5.91 Å². The Morgan fingerprint density at radius 2 is 2.03 bits per heavy atom. The van der Waals surface area contributed by atoms with Crippen LogP contribution in [0, 0.1) is 0 Å². The minimum Gasteiger partial charge on any atom is -0.384 e. The van der Waals surface area contributed by atoms with Crippen LogP contribution in [0.2, 0.25) is 5.02 Å². The van der Waals surface area contributed by atoms with Crippen LogP contribution in [0.25, 0.3) is 0 Å². The Bertz CT molecular complexity index is 1030. The highest BCUT2D eigenvalue weighted by atomic mass is 35.5. The molecule has 0 saturated carbocycles. The lowest BCUT2D eigenvalue weighted by Gasteiger charge is -2.25. The maximum atomic E-state index is 12.9. The van der Waals surface area contributed by atoms with E-state index in [1.807, 2.05) is 24.3 Å². The predicted molar refractivity (Wildman–Crippen MR) is 116 cm³/mol. The van der Waals surface area contributed by atoms with Crippen LogP contribution in [0.15, 0.2) is 66.9 Å². The fraction of sp³-hybridized carbons (Fsp3) is 0.217. The smallest absolute Gasteiger partial charge is 0.259 e. The van der Waals surface area contributed by atoms with E-state index in [2.05, 4.69) is 16.4 Å². The molecule has 1 aliphatic rings. The standard InChI is InChI=1S/C23H22ClN3O2/c1-23(29,18-6-4-7-19(24)13-18)15-26-21-10-9-17(14-25-21)22(28)27-12-11-16-5-2-3-8-20(16)27/h2-10,13-14,29H,11-12,15H2,1H3,(H,25,26). The van der Waals surface area contributed by atoms with E-state index in [9.17, 15) is 9.90 Å². The number of amides is 1. The Balaban J connectivity index is 1.43. The van der Waals surface area contributed by atoms with E-state index < -0.39 is 5.60 Å². The van der Waals surface area contributed by atoms with E-state index in [-0.39, 0.29) is 12.5 Å². The van der Waals surface area contributed by atoms with Crippen LogP contribution in [-0.2, 0) is 12.0 Å². The average Bonchev–Trinajstić information content (AvgIpc) is 3.16. The Morgan fingerprint density at radius 3 is 2.79 bits per heavy atom. The van der Waals surface area contributed by atoms with Crippen molar-refractivity contribution in [3.8, 4) is 0 Å². The van der Waals surface area contributed by atoms with Gasteiger partial charge in [-0.15, -0.1) is 0 Å². The third-order valence-corrected chi connectivity index (χ3v) is 5.44. The summed E-state index contributed by atoms with van der Waals surface area (Å²) in [4.78, 5) is 19.0. The summed E-state index contributed by atoms with van der Waals surface area (Å²) in [6.07, 6.45) is 2.44. The Hall–Kier alpha value is -2.89. The van der Waals surface area contributed by atoms with Crippen LogP contribution >= 0.6 is 11.6 Å². The Kier molecular flexibility index (Phi) is 5.26. The number of nitrogens with one attached hydrogen (secondary N) is 1. The molecular formula is C23H22ClN3O2.